The molecule has 5 rings (SSSR count). The number of hydrogen-bond acceptors (Lipinski definition) is 4. The Bertz CT molecular complexity index is 1150. The summed E-state index contributed by atoms with van der Waals surface area (Å²) >= 11 is 0. The van der Waals surface area contributed by atoms with Crippen LogP contribution in [0.4, 0.5) is 0 Å². The van der Waals surface area contributed by atoms with E-state index in [9.17, 15) is 5.11 Å². The van der Waals surface area contributed by atoms with Crippen LogP contribution in [-0.2, 0) is 4.84 Å². The molecule has 0 fully saturated rings. The molecule has 0 aromatic heterocycles. The lowest BCUT2D eigenvalue weighted by atomic mass is 10.0. The first-order valence-electron chi connectivity index (χ1n) is 11.2. The fourth-order valence-corrected chi connectivity index (χ4v) is 4.34. The van der Waals surface area contributed by atoms with Gasteiger partial charge in [0.15, 0.2) is 0 Å². The molecular formula is C29H26N2O2. The fourth-order valence-electron chi connectivity index (χ4n) is 4.34. The lowest BCUT2D eigenvalue weighted by molar-refractivity contribution is 0.0397. The summed E-state index contributed by atoms with van der Waals surface area (Å²) in [5.74, 6) is 0. The van der Waals surface area contributed by atoms with Crippen LogP contribution in [0, 0.1) is 0 Å². The molecule has 0 radical (unpaired) electrons. The van der Waals surface area contributed by atoms with Crippen molar-refractivity contribution in [3.05, 3.63) is 131 Å². The van der Waals surface area contributed by atoms with Crippen LogP contribution >= 0.6 is 0 Å². The van der Waals surface area contributed by atoms with Crippen molar-refractivity contribution in [2.24, 2.45) is 5.16 Å². The molecular weight excluding hydrogens is 408 g/mol. The number of oxime groups is 1. The summed E-state index contributed by atoms with van der Waals surface area (Å²) in [6, 6.07) is 36.8. The van der Waals surface area contributed by atoms with Crippen molar-refractivity contribution in [1.29, 1.82) is 0 Å². The molecule has 164 valence electrons. The van der Waals surface area contributed by atoms with Crippen LogP contribution in [-0.4, -0.2) is 30.1 Å². The Labute approximate surface area is 194 Å². The van der Waals surface area contributed by atoms with E-state index in [0.717, 1.165) is 16.8 Å². The molecule has 4 aromatic rings. The second kappa shape index (κ2) is 9.82. The van der Waals surface area contributed by atoms with Crippen molar-refractivity contribution >= 4 is 5.71 Å². The van der Waals surface area contributed by atoms with E-state index in [1.807, 2.05) is 60.7 Å². The highest BCUT2D eigenvalue weighted by molar-refractivity contribution is 6.12. The monoisotopic (exact) mass is 434 g/mol. The molecule has 1 atom stereocenters. The number of rotatable bonds is 8. The molecule has 1 aliphatic carbocycles. The minimum Gasteiger partial charge on any atom is -0.392 e. The van der Waals surface area contributed by atoms with Gasteiger partial charge >= 0.3 is 0 Å². The first-order valence-corrected chi connectivity index (χ1v) is 11.2. The summed E-state index contributed by atoms with van der Waals surface area (Å²) in [6.07, 6.45) is -0.693. The van der Waals surface area contributed by atoms with Gasteiger partial charge in [-0.05, 0) is 22.3 Å². The van der Waals surface area contributed by atoms with Crippen LogP contribution in [0.1, 0.15) is 28.3 Å². The molecule has 0 amide bonds. The Hall–Kier alpha value is -3.73. The molecule has 4 aromatic carbocycles. The fraction of sp³-hybridized carbons (Fsp3) is 0.138. The highest BCUT2D eigenvalue weighted by Gasteiger charge is 2.27. The SMILES string of the molecule is OC(CNC1c2ccccc2-c2ccccc21)CON=C(c1ccccc1)c1ccccc1. The first kappa shape index (κ1) is 21.1. The zero-order chi connectivity index (χ0) is 22.5. The van der Waals surface area contributed by atoms with Gasteiger partial charge in [-0.1, -0.05) is 114 Å². The summed E-state index contributed by atoms with van der Waals surface area (Å²) in [5, 5.41) is 18.5. The maximum Gasteiger partial charge on any atom is 0.144 e. The van der Waals surface area contributed by atoms with Crippen molar-refractivity contribution in [3.8, 4) is 11.1 Å². The minimum atomic E-state index is -0.693. The molecule has 0 aliphatic heterocycles. The van der Waals surface area contributed by atoms with Crippen molar-refractivity contribution in [3.63, 3.8) is 0 Å². The van der Waals surface area contributed by atoms with Gasteiger partial charge in [-0.2, -0.15) is 0 Å². The third-order valence-electron chi connectivity index (χ3n) is 5.91. The number of aliphatic hydroxyl groups excluding tert-OH is 1. The second-order valence-electron chi connectivity index (χ2n) is 8.14. The third kappa shape index (κ3) is 4.58. The van der Waals surface area contributed by atoms with E-state index in [-0.39, 0.29) is 12.6 Å². The quantitative estimate of drug-likeness (QED) is 0.297. The molecule has 0 spiro atoms. The third-order valence-corrected chi connectivity index (χ3v) is 5.91. The Morgan fingerprint density at radius 2 is 1.21 bits per heavy atom. The van der Waals surface area contributed by atoms with E-state index in [4.69, 9.17) is 4.84 Å². The molecule has 0 heterocycles. The van der Waals surface area contributed by atoms with Gasteiger partial charge in [-0.25, -0.2) is 0 Å². The molecule has 1 unspecified atom stereocenters. The predicted octanol–water partition coefficient (Wildman–Crippen LogP) is 5.18. The summed E-state index contributed by atoms with van der Waals surface area (Å²) < 4.78 is 0. The Balaban J connectivity index is 1.25. The molecule has 1 aliphatic rings. The lowest BCUT2D eigenvalue weighted by Crippen LogP contribution is -2.32. The first-order chi connectivity index (χ1) is 16.3. The molecule has 4 heteroatoms. The number of aliphatic hydroxyl groups is 1. The van der Waals surface area contributed by atoms with Crippen LogP contribution in [0.3, 0.4) is 0 Å². The molecule has 4 nitrogen and oxygen atoms in total. The summed E-state index contributed by atoms with van der Waals surface area (Å²) in [6.45, 7) is 0.501. The molecule has 33 heavy (non-hydrogen) atoms. The van der Waals surface area contributed by atoms with E-state index in [1.165, 1.54) is 22.3 Å². The van der Waals surface area contributed by atoms with Gasteiger partial charge in [0.05, 0.1) is 6.04 Å². The molecule has 2 N–H and O–H groups in total. The Morgan fingerprint density at radius 3 is 1.76 bits per heavy atom. The zero-order valence-corrected chi connectivity index (χ0v) is 18.3. The smallest absolute Gasteiger partial charge is 0.144 e. The van der Waals surface area contributed by atoms with E-state index in [1.54, 1.807) is 0 Å². The van der Waals surface area contributed by atoms with Gasteiger partial charge in [0.1, 0.15) is 18.4 Å². The zero-order valence-electron chi connectivity index (χ0n) is 18.3. The van der Waals surface area contributed by atoms with Crippen LogP contribution < -0.4 is 5.32 Å². The minimum absolute atomic E-state index is 0.0553. The van der Waals surface area contributed by atoms with Crippen LogP contribution in [0.25, 0.3) is 11.1 Å². The predicted molar refractivity (Wildman–Crippen MR) is 132 cm³/mol. The number of nitrogens with zero attached hydrogens (tertiary/aromatic N) is 1. The molecule has 0 saturated heterocycles. The van der Waals surface area contributed by atoms with Gasteiger partial charge in [0, 0.05) is 17.7 Å². The lowest BCUT2D eigenvalue weighted by Gasteiger charge is -2.18. The number of benzene rings is 4. The van der Waals surface area contributed by atoms with Gasteiger partial charge in [-0.15, -0.1) is 0 Å². The average molecular weight is 435 g/mol. The van der Waals surface area contributed by atoms with Crippen molar-refractivity contribution in [1.82, 2.24) is 5.32 Å². The second-order valence-corrected chi connectivity index (χ2v) is 8.14. The molecule has 0 bridgehead atoms. The highest BCUT2D eigenvalue weighted by Crippen LogP contribution is 2.42. The summed E-state index contributed by atoms with van der Waals surface area (Å²) in [4.78, 5) is 5.62. The van der Waals surface area contributed by atoms with E-state index >= 15 is 0 Å². The number of nitrogens with one attached hydrogen (secondary N) is 1. The van der Waals surface area contributed by atoms with Crippen LogP contribution in [0.15, 0.2) is 114 Å². The van der Waals surface area contributed by atoms with Crippen LogP contribution in [0.2, 0.25) is 0 Å². The Morgan fingerprint density at radius 1 is 0.727 bits per heavy atom. The van der Waals surface area contributed by atoms with Crippen molar-refractivity contribution in [2.45, 2.75) is 12.1 Å². The van der Waals surface area contributed by atoms with E-state index < -0.39 is 6.10 Å². The highest BCUT2D eigenvalue weighted by atomic mass is 16.6. The van der Waals surface area contributed by atoms with Gasteiger partial charge in [0.2, 0.25) is 0 Å². The molecule has 0 saturated carbocycles. The van der Waals surface area contributed by atoms with Gasteiger partial charge in [-0.3, -0.25) is 0 Å². The van der Waals surface area contributed by atoms with Gasteiger partial charge < -0.3 is 15.3 Å². The van der Waals surface area contributed by atoms with E-state index in [0.29, 0.717) is 6.54 Å². The number of hydrogen-bond donors (Lipinski definition) is 2. The van der Waals surface area contributed by atoms with E-state index in [2.05, 4.69) is 59.0 Å². The standard InChI is InChI=1S/C29H26N2O2/c32-23(19-30-29-26-17-9-7-15-24(26)25-16-8-10-18-27(25)29)20-33-31-28(21-11-3-1-4-12-21)22-13-5-2-6-14-22/h1-18,23,29-30,32H,19-20H2. The van der Waals surface area contributed by atoms with Gasteiger partial charge in [0.25, 0.3) is 0 Å². The number of fused-ring (bicyclic) bond motifs is 3. The normalized spacial score (nSPS) is 13.1. The summed E-state index contributed by atoms with van der Waals surface area (Å²) in [5.41, 5.74) is 7.65. The Kier molecular flexibility index (Phi) is 6.29. The largest absolute Gasteiger partial charge is 0.392 e. The summed E-state index contributed by atoms with van der Waals surface area (Å²) in [7, 11) is 0. The van der Waals surface area contributed by atoms with Crippen molar-refractivity contribution < 1.29 is 9.94 Å². The maximum absolute atomic E-state index is 10.6. The maximum atomic E-state index is 10.6. The van der Waals surface area contributed by atoms with Crippen LogP contribution in [0.5, 0.6) is 0 Å². The average Bonchev–Trinajstić information content (AvgIpc) is 3.20. The van der Waals surface area contributed by atoms with Crippen molar-refractivity contribution in [2.75, 3.05) is 13.2 Å². The topological polar surface area (TPSA) is 53.8 Å².